The summed E-state index contributed by atoms with van der Waals surface area (Å²) >= 11 is 0. The lowest BCUT2D eigenvalue weighted by molar-refractivity contribution is 0.360. The van der Waals surface area contributed by atoms with Crippen LogP contribution in [-0.2, 0) is 0 Å². The molecule has 0 spiro atoms. The van der Waals surface area contributed by atoms with E-state index in [1.807, 2.05) is 0 Å². The van der Waals surface area contributed by atoms with Crippen LogP contribution in [0.2, 0.25) is 0 Å². The highest BCUT2D eigenvalue weighted by Crippen LogP contribution is 2.43. The zero-order valence-electron chi connectivity index (χ0n) is 10.7. The fourth-order valence-corrected chi connectivity index (χ4v) is 3.25. The lowest BCUT2D eigenvalue weighted by Crippen LogP contribution is -2.13. The monoisotopic (exact) mass is 251 g/mol. The van der Waals surface area contributed by atoms with Crippen molar-refractivity contribution in [1.29, 1.82) is 0 Å². The third-order valence-corrected chi connectivity index (χ3v) is 4.22. The summed E-state index contributed by atoms with van der Waals surface area (Å²) in [6, 6.07) is 0. The minimum absolute atomic E-state index is 0.0766. The van der Waals surface area contributed by atoms with Crippen molar-refractivity contribution in [2.75, 3.05) is 20.2 Å². The molecule has 3 rings (SSSR count). The van der Waals surface area contributed by atoms with Crippen molar-refractivity contribution in [1.82, 2.24) is 15.3 Å². The molecule has 1 aliphatic heterocycles. The van der Waals surface area contributed by atoms with Crippen LogP contribution in [0.5, 0.6) is 5.88 Å². The predicted molar refractivity (Wildman–Crippen MR) is 65.1 cm³/mol. The average Bonchev–Trinajstić information content (AvgIpc) is 2.92. The van der Waals surface area contributed by atoms with E-state index in [-0.39, 0.29) is 5.88 Å². The SMILES string of the molecule is COc1nc(C2CC3CNCC3C2)nc(C)c1F. The molecule has 2 atom stereocenters. The van der Waals surface area contributed by atoms with E-state index < -0.39 is 5.82 Å². The van der Waals surface area contributed by atoms with Crippen molar-refractivity contribution >= 4 is 0 Å². The second kappa shape index (κ2) is 4.46. The Morgan fingerprint density at radius 2 is 1.89 bits per heavy atom. The van der Waals surface area contributed by atoms with E-state index in [2.05, 4.69) is 15.3 Å². The zero-order chi connectivity index (χ0) is 12.7. The van der Waals surface area contributed by atoms with Gasteiger partial charge >= 0.3 is 0 Å². The quantitative estimate of drug-likeness (QED) is 0.868. The molecule has 5 heteroatoms. The van der Waals surface area contributed by atoms with Crippen LogP contribution in [0.3, 0.4) is 0 Å². The molecule has 0 amide bonds. The predicted octanol–water partition coefficient (Wildman–Crippen LogP) is 1.65. The molecule has 1 saturated heterocycles. The third-order valence-electron chi connectivity index (χ3n) is 4.22. The van der Waals surface area contributed by atoms with Crippen LogP contribution in [0.15, 0.2) is 0 Å². The van der Waals surface area contributed by atoms with Crippen LogP contribution in [0.4, 0.5) is 4.39 Å². The molecule has 98 valence electrons. The molecule has 1 aliphatic carbocycles. The number of hydrogen-bond donors (Lipinski definition) is 1. The van der Waals surface area contributed by atoms with Crippen molar-refractivity contribution in [3.8, 4) is 5.88 Å². The molecule has 2 unspecified atom stereocenters. The van der Waals surface area contributed by atoms with Crippen molar-refractivity contribution in [2.45, 2.75) is 25.7 Å². The second-order valence-electron chi connectivity index (χ2n) is 5.34. The maximum Gasteiger partial charge on any atom is 0.253 e. The van der Waals surface area contributed by atoms with Gasteiger partial charge in [-0.3, -0.25) is 0 Å². The molecular formula is C13H18FN3O. The molecule has 2 fully saturated rings. The van der Waals surface area contributed by atoms with Gasteiger partial charge in [-0.15, -0.1) is 0 Å². The van der Waals surface area contributed by atoms with Gasteiger partial charge in [-0.2, -0.15) is 9.37 Å². The van der Waals surface area contributed by atoms with Crippen molar-refractivity contribution < 1.29 is 9.13 Å². The van der Waals surface area contributed by atoms with E-state index in [0.29, 0.717) is 11.6 Å². The van der Waals surface area contributed by atoms with E-state index in [1.54, 1.807) is 6.92 Å². The lowest BCUT2D eigenvalue weighted by Gasteiger charge is -2.12. The maximum absolute atomic E-state index is 13.6. The van der Waals surface area contributed by atoms with Gasteiger partial charge in [0.15, 0.2) is 0 Å². The summed E-state index contributed by atoms with van der Waals surface area (Å²) in [6.07, 6.45) is 2.21. The Kier molecular flexibility index (Phi) is 2.93. The summed E-state index contributed by atoms with van der Waals surface area (Å²) in [6.45, 7) is 3.86. The Bertz CT molecular complexity index is 454. The fourth-order valence-electron chi connectivity index (χ4n) is 3.25. The van der Waals surface area contributed by atoms with Gasteiger partial charge in [0.25, 0.3) is 5.88 Å². The molecular weight excluding hydrogens is 233 g/mol. The Hall–Kier alpha value is -1.23. The number of hydrogen-bond acceptors (Lipinski definition) is 4. The Morgan fingerprint density at radius 1 is 1.22 bits per heavy atom. The van der Waals surface area contributed by atoms with Crippen LogP contribution < -0.4 is 10.1 Å². The van der Waals surface area contributed by atoms with Gasteiger partial charge in [0.2, 0.25) is 5.82 Å². The largest absolute Gasteiger partial charge is 0.479 e. The Labute approximate surface area is 106 Å². The summed E-state index contributed by atoms with van der Waals surface area (Å²) in [5.74, 6) is 2.20. The van der Waals surface area contributed by atoms with Gasteiger partial charge < -0.3 is 10.1 Å². The number of nitrogens with zero attached hydrogens (tertiary/aromatic N) is 2. The van der Waals surface area contributed by atoms with Crippen molar-refractivity contribution in [3.63, 3.8) is 0 Å². The zero-order valence-corrected chi connectivity index (χ0v) is 10.7. The molecule has 4 nitrogen and oxygen atoms in total. The van der Waals surface area contributed by atoms with E-state index >= 15 is 0 Å². The first-order valence-corrected chi connectivity index (χ1v) is 6.47. The maximum atomic E-state index is 13.6. The Morgan fingerprint density at radius 3 is 2.50 bits per heavy atom. The summed E-state index contributed by atoms with van der Waals surface area (Å²) in [4.78, 5) is 8.54. The molecule has 1 aromatic heterocycles. The number of fused-ring (bicyclic) bond motifs is 1. The van der Waals surface area contributed by atoms with Gasteiger partial charge in [0, 0.05) is 5.92 Å². The lowest BCUT2D eigenvalue weighted by atomic mass is 10.0. The van der Waals surface area contributed by atoms with E-state index in [1.165, 1.54) is 7.11 Å². The minimum Gasteiger partial charge on any atom is -0.479 e. The van der Waals surface area contributed by atoms with Gasteiger partial charge in [-0.05, 0) is 44.7 Å². The minimum atomic E-state index is -0.443. The number of methoxy groups -OCH3 is 1. The van der Waals surface area contributed by atoms with Gasteiger partial charge in [0.05, 0.1) is 12.8 Å². The summed E-state index contributed by atoms with van der Waals surface area (Å²) in [5, 5.41) is 3.41. The molecule has 1 saturated carbocycles. The topological polar surface area (TPSA) is 47.0 Å². The van der Waals surface area contributed by atoms with Gasteiger partial charge in [0.1, 0.15) is 5.82 Å². The molecule has 18 heavy (non-hydrogen) atoms. The molecule has 2 heterocycles. The highest BCUT2D eigenvalue weighted by Gasteiger charge is 2.39. The summed E-state index contributed by atoms with van der Waals surface area (Å²) in [7, 11) is 1.45. The highest BCUT2D eigenvalue weighted by molar-refractivity contribution is 5.20. The van der Waals surface area contributed by atoms with Crippen LogP contribution >= 0.6 is 0 Å². The average molecular weight is 251 g/mol. The fraction of sp³-hybridized carbons (Fsp3) is 0.692. The number of halogens is 1. The molecule has 0 radical (unpaired) electrons. The molecule has 1 aromatic rings. The van der Waals surface area contributed by atoms with E-state index in [0.717, 1.165) is 43.6 Å². The van der Waals surface area contributed by atoms with Crippen molar-refractivity contribution in [2.24, 2.45) is 11.8 Å². The number of nitrogens with one attached hydrogen (secondary N) is 1. The smallest absolute Gasteiger partial charge is 0.253 e. The normalized spacial score (nSPS) is 30.5. The van der Waals surface area contributed by atoms with Crippen molar-refractivity contribution in [3.05, 3.63) is 17.3 Å². The Balaban J connectivity index is 1.87. The molecule has 0 aromatic carbocycles. The number of aryl methyl sites for hydroxylation is 1. The first-order valence-electron chi connectivity index (χ1n) is 6.47. The second-order valence-corrected chi connectivity index (χ2v) is 5.34. The van der Waals surface area contributed by atoms with Gasteiger partial charge in [-0.25, -0.2) is 4.98 Å². The van der Waals surface area contributed by atoms with Crippen LogP contribution in [-0.4, -0.2) is 30.2 Å². The number of rotatable bonds is 2. The molecule has 0 bridgehead atoms. The summed E-state index contributed by atoms with van der Waals surface area (Å²) in [5.41, 5.74) is 0.382. The van der Waals surface area contributed by atoms with Crippen LogP contribution in [0.25, 0.3) is 0 Å². The standard InChI is InChI=1S/C13H18FN3O/c1-7-11(14)13(18-2)17-12(16-7)8-3-9-5-15-6-10(9)4-8/h8-10,15H,3-6H2,1-2H3. The van der Waals surface area contributed by atoms with Gasteiger partial charge in [-0.1, -0.05) is 0 Å². The number of ether oxygens (including phenoxy) is 1. The van der Waals surface area contributed by atoms with Crippen LogP contribution in [0.1, 0.15) is 30.3 Å². The third kappa shape index (κ3) is 1.86. The summed E-state index contributed by atoms with van der Waals surface area (Å²) < 4.78 is 18.6. The van der Waals surface area contributed by atoms with E-state index in [9.17, 15) is 4.39 Å². The first-order chi connectivity index (χ1) is 8.69. The van der Waals surface area contributed by atoms with E-state index in [4.69, 9.17) is 4.74 Å². The van der Waals surface area contributed by atoms with Crippen LogP contribution in [0, 0.1) is 24.6 Å². The first kappa shape index (κ1) is 11.8. The number of aromatic nitrogens is 2. The molecule has 2 aliphatic rings. The molecule has 1 N–H and O–H groups in total. The highest BCUT2D eigenvalue weighted by atomic mass is 19.1.